The molecule has 1 aliphatic heterocycles. The maximum absolute atomic E-state index is 5.72. The summed E-state index contributed by atoms with van der Waals surface area (Å²) in [6.45, 7) is 3.85. The summed E-state index contributed by atoms with van der Waals surface area (Å²) in [6, 6.07) is 8.80. The highest BCUT2D eigenvalue weighted by Crippen LogP contribution is 2.38. The van der Waals surface area contributed by atoms with Gasteiger partial charge in [-0.05, 0) is 55.2 Å². The molecule has 1 aromatic carbocycles. The highest BCUT2D eigenvalue weighted by atomic mass is 16.6. The van der Waals surface area contributed by atoms with Crippen LogP contribution in [0.1, 0.15) is 69.8 Å². The maximum atomic E-state index is 5.72. The molecule has 1 saturated heterocycles. The fraction of sp³-hybridized carbons (Fsp3) is 0.700. The maximum Gasteiger partial charge on any atom is 0.119 e. The fourth-order valence-electron chi connectivity index (χ4n) is 3.66. The van der Waals surface area contributed by atoms with Gasteiger partial charge < -0.3 is 9.47 Å². The molecule has 22 heavy (non-hydrogen) atoms. The summed E-state index contributed by atoms with van der Waals surface area (Å²) < 4.78 is 10.9. The average Bonchev–Trinajstić information content (AvgIpc) is 3.39. The fourth-order valence-corrected chi connectivity index (χ4v) is 3.66. The number of epoxide rings is 1. The van der Waals surface area contributed by atoms with E-state index in [1.165, 1.54) is 56.9 Å². The Kier molecular flexibility index (Phi) is 5.77. The third-order valence-corrected chi connectivity index (χ3v) is 5.25. The summed E-state index contributed by atoms with van der Waals surface area (Å²) in [4.78, 5) is 0. The van der Waals surface area contributed by atoms with Gasteiger partial charge in [-0.15, -0.1) is 0 Å². The Morgan fingerprint density at radius 2 is 1.77 bits per heavy atom. The first-order chi connectivity index (χ1) is 10.8. The van der Waals surface area contributed by atoms with Crippen LogP contribution in [0.25, 0.3) is 0 Å². The van der Waals surface area contributed by atoms with Crippen molar-refractivity contribution in [3.63, 3.8) is 0 Å². The van der Waals surface area contributed by atoms with Crippen LogP contribution in [0.5, 0.6) is 5.75 Å². The van der Waals surface area contributed by atoms with Gasteiger partial charge >= 0.3 is 0 Å². The van der Waals surface area contributed by atoms with Crippen LogP contribution < -0.4 is 4.74 Å². The van der Waals surface area contributed by atoms with Gasteiger partial charge in [0.15, 0.2) is 0 Å². The van der Waals surface area contributed by atoms with E-state index in [1.54, 1.807) is 0 Å². The molecule has 0 spiro atoms. The lowest BCUT2D eigenvalue weighted by Gasteiger charge is -2.29. The zero-order valence-corrected chi connectivity index (χ0v) is 13.9. The molecule has 2 fully saturated rings. The topological polar surface area (TPSA) is 21.8 Å². The molecule has 1 aliphatic carbocycles. The van der Waals surface area contributed by atoms with E-state index < -0.39 is 0 Å². The van der Waals surface area contributed by atoms with E-state index in [0.717, 1.165) is 24.2 Å². The predicted octanol–water partition coefficient (Wildman–Crippen LogP) is 5.32. The van der Waals surface area contributed by atoms with E-state index in [9.17, 15) is 0 Å². The van der Waals surface area contributed by atoms with Crippen molar-refractivity contribution >= 4 is 0 Å². The third-order valence-electron chi connectivity index (χ3n) is 5.25. The summed E-state index contributed by atoms with van der Waals surface area (Å²) in [5, 5.41) is 0. The van der Waals surface area contributed by atoms with E-state index in [4.69, 9.17) is 9.47 Å². The highest BCUT2D eigenvalue weighted by Gasteiger charge is 2.24. The number of unbranched alkanes of at least 4 members (excludes halogenated alkanes) is 2. The Morgan fingerprint density at radius 1 is 1.05 bits per heavy atom. The van der Waals surface area contributed by atoms with E-state index in [2.05, 4.69) is 31.2 Å². The lowest BCUT2D eigenvalue weighted by atomic mass is 9.77. The second-order valence-corrected chi connectivity index (χ2v) is 7.05. The first-order valence-electron chi connectivity index (χ1n) is 9.19. The van der Waals surface area contributed by atoms with Crippen LogP contribution in [-0.2, 0) is 4.74 Å². The molecule has 1 aromatic rings. The minimum Gasteiger partial charge on any atom is -0.491 e. The molecule has 2 heteroatoms. The van der Waals surface area contributed by atoms with Crippen LogP contribution >= 0.6 is 0 Å². The van der Waals surface area contributed by atoms with Gasteiger partial charge in [0.05, 0.1) is 6.61 Å². The van der Waals surface area contributed by atoms with Crippen molar-refractivity contribution in [1.82, 2.24) is 0 Å². The number of rotatable bonds is 8. The minimum atomic E-state index is 0.336. The van der Waals surface area contributed by atoms with Gasteiger partial charge in [0.1, 0.15) is 18.5 Å². The lowest BCUT2D eigenvalue weighted by molar-refractivity contribution is 0.263. The normalized spacial score (nSPS) is 27.6. The second-order valence-electron chi connectivity index (χ2n) is 7.05. The number of ether oxygens (including phenoxy) is 2. The highest BCUT2D eigenvalue weighted by molar-refractivity contribution is 5.29. The zero-order chi connectivity index (χ0) is 15.2. The monoisotopic (exact) mass is 302 g/mol. The quantitative estimate of drug-likeness (QED) is 0.479. The van der Waals surface area contributed by atoms with Crippen molar-refractivity contribution < 1.29 is 9.47 Å². The van der Waals surface area contributed by atoms with Crippen molar-refractivity contribution in [1.29, 1.82) is 0 Å². The van der Waals surface area contributed by atoms with Crippen molar-refractivity contribution in [2.45, 2.75) is 70.3 Å². The van der Waals surface area contributed by atoms with E-state index in [0.29, 0.717) is 12.7 Å². The summed E-state index contributed by atoms with van der Waals surface area (Å²) in [6.07, 6.45) is 11.6. The van der Waals surface area contributed by atoms with Gasteiger partial charge in [-0.2, -0.15) is 0 Å². The van der Waals surface area contributed by atoms with E-state index >= 15 is 0 Å². The van der Waals surface area contributed by atoms with Gasteiger partial charge in [-0.3, -0.25) is 0 Å². The Hall–Kier alpha value is -1.02. The summed E-state index contributed by atoms with van der Waals surface area (Å²) in [7, 11) is 0. The van der Waals surface area contributed by atoms with Crippen molar-refractivity contribution in [2.24, 2.45) is 5.92 Å². The Bertz CT molecular complexity index is 428. The molecule has 1 heterocycles. The number of hydrogen-bond donors (Lipinski definition) is 0. The van der Waals surface area contributed by atoms with Crippen LogP contribution in [0.3, 0.4) is 0 Å². The Labute approximate surface area is 135 Å². The molecule has 122 valence electrons. The summed E-state index contributed by atoms with van der Waals surface area (Å²) in [5.41, 5.74) is 1.50. The zero-order valence-electron chi connectivity index (χ0n) is 13.9. The molecule has 0 N–H and O–H groups in total. The van der Waals surface area contributed by atoms with Gasteiger partial charge in [-0.25, -0.2) is 0 Å². The first kappa shape index (κ1) is 15.9. The van der Waals surface area contributed by atoms with Gasteiger partial charge in [0.2, 0.25) is 0 Å². The molecule has 0 radical (unpaired) electrons. The minimum absolute atomic E-state index is 0.336. The molecule has 0 bridgehead atoms. The SMILES string of the molecule is CCCCC[C@H]1CC[C@H](c2ccc(OCC3CO3)cc2)CC1. The van der Waals surface area contributed by atoms with Crippen LogP contribution in [0, 0.1) is 5.92 Å². The molecule has 1 unspecified atom stereocenters. The van der Waals surface area contributed by atoms with Crippen LogP contribution in [0.2, 0.25) is 0 Å². The van der Waals surface area contributed by atoms with Gasteiger partial charge in [0.25, 0.3) is 0 Å². The predicted molar refractivity (Wildman–Crippen MR) is 90.5 cm³/mol. The van der Waals surface area contributed by atoms with Crippen molar-refractivity contribution in [3.05, 3.63) is 29.8 Å². The Balaban J connectivity index is 1.42. The Morgan fingerprint density at radius 3 is 2.41 bits per heavy atom. The molecule has 1 saturated carbocycles. The summed E-state index contributed by atoms with van der Waals surface area (Å²) in [5.74, 6) is 2.74. The molecular formula is C20H30O2. The standard InChI is InChI=1S/C20H30O2/c1-2-3-4-5-16-6-8-17(9-7-16)18-10-12-19(13-11-18)21-14-20-15-22-20/h10-13,16-17,20H,2-9,14-15H2,1H3/t16-,17-,20?. The smallest absolute Gasteiger partial charge is 0.119 e. The average molecular weight is 302 g/mol. The second kappa shape index (κ2) is 8.01. The van der Waals surface area contributed by atoms with Gasteiger partial charge in [0, 0.05) is 0 Å². The largest absolute Gasteiger partial charge is 0.491 e. The summed E-state index contributed by atoms with van der Waals surface area (Å²) >= 11 is 0. The number of benzene rings is 1. The van der Waals surface area contributed by atoms with Crippen LogP contribution in [0.15, 0.2) is 24.3 Å². The first-order valence-corrected chi connectivity index (χ1v) is 9.19. The molecule has 3 rings (SSSR count). The van der Waals surface area contributed by atoms with Crippen LogP contribution in [-0.4, -0.2) is 19.3 Å². The van der Waals surface area contributed by atoms with Crippen molar-refractivity contribution in [3.8, 4) is 5.75 Å². The van der Waals surface area contributed by atoms with Crippen LogP contribution in [0.4, 0.5) is 0 Å². The molecule has 2 nitrogen and oxygen atoms in total. The third kappa shape index (κ3) is 4.74. The van der Waals surface area contributed by atoms with E-state index in [1.807, 2.05) is 0 Å². The lowest BCUT2D eigenvalue weighted by Crippen LogP contribution is -2.13. The molecule has 0 amide bonds. The molecule has 1 atom stereocenters. The molecule has 2 aliphatic rings. The van der Waals surface area contributed by atoms with Crippen molar-refractivity contribution in [2.75, 3.05) is 13.2 Å². The van der Waals surface area contributed by atoms with E-state index in [-0.39, 0.29) is 0 Å². The molecule has 0 aromatic heterocycles. The molecular weight excluding hydrogens is 272 g/mol. The van der Waals surface area contributed by atoms with Gasteiger partial charge in [-0.1, -0.05) is 44.7 Å². The number of hydrogen-bond acceptors (Lipinski definition) is 2.